The van der Waals surface area contributed by atoms with Gasteiger partial charge in [-0.05, 0) is 89.4 Å². The highest BCUT2D eigenvalue weighted by Gasteiger charge is 2.36. The van der Waals surface area contributed by atoms with Crippen molar-refractivity contribution in [3.63, 3.8) is 0 Å². The zero-order valence-electron chi connectivity index (χ0n) is 21.2. The zero-order valence-corrected chi connectivity index (χ0v) is 22.8. The van der Waals surface area contributed by atoms with Gasteiger partial charge in [0.15, 0.2) is 17.9 Å². The van der Waals surface area contributed by atoms with Gasteiger partial charge in [0.2, 0.25) is 0 Å². The summed E-state index contributed by atoms with van der Waals surface area (Å²) >= 11 is 6.11. The van der Waals surface area contributed by atoms with Crippen molar-refractivity contribution in [2.45, 2.75) is 58.0 Å². The van der Waals surface area contributed by atoms with Gasteiger partial charge in [0.25, 0.3) is 0 Å². The van der Waals surface area contributed by atoms with Crippen LogP contribution >= 0.6 is 19.2 Å². The van der Waals surface area contributed by atoms with Crippen LogP contribution in [-0.4, -0.2) is 18.1 Å². The first-order valence-corrected chi connectivity index (χ1v) is 14.7. The van der Waals surface area contributed by atoms with Crippen molar-refractivity contribution in [1.82, 2.24) is 0 Å². The number of ether oxygens (including phenoxy) is 1. The van der Waals surface area contributed by atoms with Gasteiger partial charge in [-0.3, -0.25) is 9.09 Å². The van der Waals surface area contributed by atoms with E-state index in [1.54, 1.807) is 6.07 Å². The number of rotatable bonds is 6. The summed E-state index contributed by atoms with van der Waals surface area (Å²) in [5, 5.41) is 10.8. The molecule has 3 aromatic rings. The van der Waals surface area contributed by atoms with Crippen LogP contribution in [0.2, 0.25) is 5.02 Å². The molecule has 0 radical (unpaired) electrons. The molecule has 1 aliphatic heterocycles. The molecule has 8 heteroatoms. The Balaban J connectivity index is 1.33. The van der Waals surface area contributed by atoms with Gasteiger partial charge >= 0.3 is 7.60 Å². The average molecular weight is 545 g/mol. The number of fused-ring (bicyclic) bond motifs is 1. The van der Waals surface area contributed by atoms with Crippen LogP contribution in [0, 0.1) is 12.7 Å². The molecule has 1 saturated heterocycles. The highest BCUT2D eigenvalue weighted by Crippen LogP contribution is 2.56. The lowest BCUT2D eigenvalue weighted by Gasteiger charge is -2.30. The molecule has 0 aromatic heterocycles. The van der Waals surface area contributed by atoms with Crippen molar-refractivity contribution >= 4 is 19.2 Å². The minimum atomic E-state index is -3.47. The topological polar surface area (TPSA) is 65.0 Å². The molecule has 2 aliphatic rings. The maximum Gasteiger partial charge on any atom is 0.368 e. The van der Waals surface area contributed by atoms with E-state index in [2.05, 4.69) is 0 Å². The normalized spacial score (nSPS) is 23.3. The predicted octanol–water partition coefficient (Wildman–Crippen LogP) is 8.40. The lowest BCUT2D eigenvalue weighted by molar-refractivity contribution is 0.0725. The van der Waals surface area contributed by atoms with E-state index in [0.29, 0.717) is 29.4 Å². The van der Waals surface area contributed by atoms with Crippen molar-refractivity contribution < 1.29 is 27.8 Å². The fraction of sp³-hybridized carbons (Fsp3) is 0.379. The van der Waals surface area contributed by atoms with Gasteiger partial charge in [-0.1, -0.05) is 43.6 Å². The maximum atomic E-state index is 14.5. The second-order valence-corrected chi connectivity index (χ2v) is 12.5. The standard InChI is InChI=1S/C29H31ClFO5P/c1-17(2)25-14-21(15-26(31)29(25)32)24-8-7-20-13-23(11-18(3)28(20)24)34-16-37(33)35-10-9-27(36-37)19-5-4-6-22(30)12-19/h4-6,11-15,17,24,27,32H,7-10,16H2,1-3H3. The Bertz CT molecular complexity index is 1370. The molecule has 1 N–H and O–H groups in total. The quantitative estimate of drug-likeness (QED) is 0.316. The number of hydrogen-bond donors (Lipinski definition) is 1. The Morgan fingerprint density at radius 2 is 1.97 bits per heavy atom. The molecule has 5 nitrogen and oxygen atoms in total. The monoisotopic (exact) mass is 544 g/mol. The molecule has 0 amide bonds. The highest BCUT2D eigenvalue weighted by atomic mass is 35.5. The molecular weight excluding hydrogens is 514 g/mol. The van der Waals surface area contributed by atoms with E-state index >= 15 is 0 Å². The van der Waals surface area contributed by atoms with Crippen LogP contribution in [0.25, 0.3) is 0 Å². The molecule has 3 unspecified atom stereocenters. The molecule has 3 aromatic carbocycles. The van der Waals surface area contributed by atoms with Crippen LogP contribution in [0.5, 0.6) is 11.5 Å². The second-order valence-electron chi connectivity index (χ2n) is 10.2. The van der Waals surface area contributed by atoms with Gasteiger partial charge in [-0.2, -0.15) is 0 Å². The van der Waals surface area contributed by atoms with E-state index in [1.807, 2.05) is 57.2 Å². The predicted molar refractivity (Wildman–Crippen MR) is 142 cm³/mol. The van der Waals surface area contributed by atoms with Crippen molar-refractivity contribution in [1.29, 1.82) is 0 Å². The fourth-order valence-corrected chi connectivity index (χ4v) is 7.12. The first kappa shape index (κ1) is 26.2. The molecular formula is C29H31ClFO5P. The van der Waals surface area contributed by atoms with Crippen LogP contribution in [0.4, 0.5) is 4.39 Å². The third-order valence-electron chi connectivity index (χ3n) is 7.20. The summed E-state index contributed by atoms with van der Waals surface area (Å²) < 4.78 is 45.2. The van der Waals surface area contributed by atoms with Crippen LogP contribution in [0.3, 0.4) is 0 Å². The fourth-order valence-electron chi connectivity index (χ4n) is 5.42. The number of hydrogen-bond acceptors (Lipinski definition) is 5. The van der Waals surface area contributed by atoms with E-state index in [-0.39, 0.29) is 30.0 Å². The third-order valence-corrected chi connectivity index (χ3v) is 9.03. The SMILES string of the molecule is Cc1cc(OCP2(=O)OCCC(c3cccc(Cl)c3)O2)cc2c1C(c1cc(F)c(O)c(C(C)C)c1)CC2. The maximum absolute atomic E-state index is 14.5. The number of benzene rings is 3. The summed E-state index contributed by atoms with van der Waals surface area (Å²) in [6.07, 6.45) is 1.69. The van der Waals surface area contributed by atoms with E-state index in [4.69, 9.17) is 25.4 Å². The van der Waals surface area contributed by atoms with Gasteiger partial charge in [0, 0.05) is 17.4 Å². The second kappa shape index (κ2) is 10.4. The minimum absolute atomic E-state index is 0.0117. The van der Waals surface area contributed by atoms with Gasteiger partial charge in [0.1, 0.15) is 5.75 Å². The molecule has 1 heterocycles. The van der Waals surface area contributed by atoms with Crippen molar-refractivity contribution in [3.8, 4) is 11.5 Å². The van der Waals surface area contributed by atoms with E-state index in [0.717, 1.165) is 40.7 Å². The van der Waals surface area contributed by atoms with E-state index in [1.165, 1.54) is 6.07 Å². The van der Waals surface area contributed by atoms with Crippen molar-refractivity contribution in [3.05, 3.63) is 92.8 Å². The van der Waals surface area contributed by atoms with Gasteiger partial charge in [-0.15, -0.1) is 0 Å². The Labute approximate surface area is 222 Å². The van der Waals surface area contributed by atoms with Crippen LogP contribution < -0.4 is 4.74 Å². The van der Waals surface area contributed by atoms with Gasteiger partial charge in [0.05, 0.1) is 12.7 Å². The Morgan fingerprint density at radius 3 is 2.73 bits per heavy atom. The summed E-state index contributed by atoms with van der Waals surface area (Å²) in [6, 6.07) is 14.6. The minimum Gasteiger partial charge on any atom is -0.505 e. The van der Waals surface area contributed by atoms with Gasteiger partial charge < -0.3 is 14.4 Å². The first-order chi connectivity index (χ1) is 17.6. The third kappa shape index (κ3) is 5.44. The summed E-state index contributed by atoms with van der Waals surface area (Å²) in [6.45, 7) is 6.20. The molecule has 0 bridgehead atoms. The molecule has 1 fully saturated rings. The van der Waals surface area contributed by atoms with E-state index in [9.17, 15) is 14.1 Å². The van der Waals surface area contributed by atoms with Crippen LogP contribution in [0.1, 0.15) is 78.0 Å². The lowest BCUT2D eigenvalue weighted by Crippen LogP contribution is -2.17. The Kier molecular flexibility index (Phi) is 7.39. The first-order valence-electron chi connectivity index (χ1n) is 12.6. The molecule has 3 atom stereocenters. The molecule has 196 valence electrons. The summed E-state index contributed by atoms with van der Waals surface area (Å²) in [5.41, 5.74) is 5.66. The number of aryl methyl sites for hydroxylation is 2. The van der Waals surface area contributed by atoms with Crippen molar-refractivity contribution in [2.24, 2.45) is 0 Å². The smallest absolute Gasteiger partial charge is 0.368 e. The van der Waals surface area contributed by atoms with Crippen molar-refractivity contribution in [2.75, 3.05) is 13.0 Å². The molecule has 1 aliphatic carbocycles. The number of phenols is 1. The van der Waals surface area contributed by atoms with Gasteiger partial charge in [-0.25, -0.2) is 4.39 Å². The Hall–Kier alpha value is -2.37. The molecule has 37 heavy (non-hydrogen) atoms. The summed E-state index contributed by atoms with van der Waals surface area (Å²) in [5.74, 6) is -0.197. The highest BCUT2D eigenvalue weighted by molar-refractivity contribution is 7.53. The molecule has 0 spiro atoms. The number of halogens is 2. The van der Waals surface area contributed by atoms with E-state index < -0.39 is 13.4 Å². The zero-order chi connectivity index (χ0) is 26.3. The van der Waals surface area contributed by atoms with Crippen LogP contribution in [0.15, 0.2) is 48.5 Å². The number of aromatic hydroxyl groups is 1. The molecule has 5 rings (SSSR count). The summed E-state index contributed by atoms with van der Waals surface area (Å²) in [7, 11) is -3.47. The summed E-state index contributed by atoms with van der Waals surface area (Å²) in [4.78, 5) is 0. The average Bonchev–Trinajstić information content (AvgIpc) is 3.29. The Morgan fingerprint density at radius 1 is 1.16 bits per heavy atom. The lowest BCUT2D eigenvalue weighted by atomic mass is 9.87. The number of phenolic OH excluding ortho intramolecular Hbond substituents is 1. The largest absolute Gasteiger partial charge is 0.505 e. The van der Waals surface area contributed by atoms with Crippen LogP contribution in [-0.2, 0) is 20.0 Å². The molecule has 0 saturated carbocycles.